The molecule has 0 amide bonds. The van der Waals surface area contributed by atoms with Gasteiger partial charge in [0.2, 0.25) is 0 Å². The van der Waals surface area contributed by atoms with Crippen LogP contribution in [0.3, 0.4) is 0 Å². The Bertz CT molecular complexity index is 411. The van der Waals surface area contributed by atoms with Crippen LogP contribution < -0.4 is 0 Å². The Kier molecular flexibility index (Phi) is 2.82. The van der Waals surface area contributed by atoms with Gasteiger partial charge < -0.3 is 0 Å². The molecule has 2 heterocycles. The van der Waals surface area contributed by atoms with E-state index < -0.39 is 0 Å². The van der Waals surface area contributed by atoms with E-state index in [2.05, 4.69) is 55.1 Å². The lowest BCUT2D eigenvalue weighted by Gasteiger charge is -2.00. The van der Waals surface area contributed by atoms with Crippen LogP contribution >= 0.6 is 45.2 Å². The highest BCUT2D eigenvalue weighted by Crippen LogP contribution is 2.16. The van der Waals surface area contributed by atoms with Crippen LogP contribution in [0, 0.1) is 7.40 Å². The van der Waals surface area contributed by atoms with Crippen molar-refractivity contribution in [1.82, 2.24) is 14.5 Å². The predicted octanol–water partition coefficient (Wildman–Crippen LogP) is 2.48. The molecular weight excluding hydrogens is 392 g/mol. The van der Waals surface area contributed by atoms with E-state index in [-0.39, 0.29) is 0 Å². The smallest absolute Gasteiger partial charge is 0.138 e. The average Bonchev–Trinajstić information content (AvgIpc) is 2.49. The van der Waals surface area contributed by atoms with Gasteiger partial charge in [0.1, 0.15) is 19.5 Å². The lowest BCUT2D eigenvalue weighted by molar-refractivity contribution is 0.969. The topological polar surface area (TPSA) is 30.7 Å². The highest BCUT2D eigenvalue weighted by atomic mass is 127. The molecule has 13 heavy (non-hydrogen) atoms. The number of pyridine rings is 1. The molecule has 3 nitrogen and oxygen atoms in total. The number of hydrogen-bond acceptors (Lipinski definition) is 2. The molecule has 2 aromatic rings. The van der Waals surface area contributed by atoms with Gasteiger partial charge in [-0.2, -0.15) is 0 Å². The maximum Gasteiger partial charge on any atom is 0.138 e. The molecule has 0 bridgehead atoms. The Morgan fingerprint density at radius 2 is 2.00 bits per heavy atom. The molecule has 0 saturated heterocycles. The van der Waals surface area contributed by atoms with E-state index in [0.717, 1.165) is 13.2 Å². The number of hydrogen-bond donors (Lipinski definition) is 0. The number of nitrogens with zero attached hydrogens (tertiary/aromatic N) is 3. The van der Waals surface area contributed by atoms with Crippen molar-refractivity contribution in [2.45, 2.75) is 0 Å². The van der Waals surface area contributed by atoms with Crippen LogP contribution in [-0.2, 0) is 0 Å². The van der Waals surface area contributed by atoms with E-state index in [9.17, 15) is 0 Å². The summed E-state index contributed by atoms with van der Waals surface area (Å²) in [5, 5.41) is 0. The standard InChI is InChI=1S/C8H5I2N3/c9-7-8(10)13(5-12-7)6-3-1-2-4-11-6/h1-5H. The predicted molar refractivity (Wildman–Crippen MR) is 66.8 cm³/mol. The zero-order chi connectivity index (χ0) is 9.26. The fourth-order valence-electron chi connectivity index (χ4n) is 0.968. The van der Waals surface area contributed by atoms with Crippen molar-refractivity contribution in [2.24, 2.45) is 0 Å². The Labute approximate surface area is 103 Å². The molecule has 0 aliphatic carbocycles. The van der Waals surface area contributed by atoms with Gasteiger partial charge in [0.05, 0.1) is 0 Å². The fourth-order valence-corrected chi connectivity index (χ4v) is 1.86. The Balaban J connectivity index is 2.53. The molecule has 0 atom stereocenters. The summed E-state index contributed by atoms with van der Waals surface area (Å²) >= 11 is 4.46. The van der Waals surface area contributed by atoms with Crippen molar-refractivity contribution in [2.75, 3.05) is 0 Å². The zero-order valence-corrected chi connectivity index (χ0v) is 10.8. The fraction of sp³-hybridized carbons (Fsp3) is 0. The molecule has 5 heteroatoms. The summed E-state index contributed by atoms with van der Waals surface area (Å²) in [6.45, 7) is 0. The SMILES string of the molecule is Ic1ncn(-c2ccccn2)c1I. The van der Waals surface area contributed by atoms with Crippen molar-refractivity contribution < 1.29 is 0 Å². The maximum absolute atomic E-state index is 4.24. The molecule has 2 rings (SSSR count). The van der Waals surface area contributed by atoms with E-state index >= 15 is 0 Å². The van der Waals surface area contributed by atoms with Gasteiger partial charge in [-0.3, -0.25) is 4.57 Å². The second kappa shape index (κ2) is 3.91. The van der Waals surface area contributed by atoms with Crippen LogP contribution in [0.2, 0.25) is 0 Å². The summed E-state index contributed by atoms with van der Waals surface area (Å²) < 4.78 is 4.06. The monoisotopic (exact) mass is 397 g/mol. The number of imidazole rings is 1. The summed E-state index contributed by atoms with van der Waals surface area (Å²) in [7, 11) is 0. The van der Waals surface area contributed by atoms with Crippen molar-refractivity contribution in [3.05, 3.63) is 38.1 Å². The van der Waals surface area contributed by atoms with Gasteiger partial charge in [0.25, 0.3) is 0 Å². The largest absolute Gasteiger partial charge is 0.277 e. The summed E-state index contributed by atoms with van der Waals surface area (Å²) in [4.78, 5) is 8.43. The van der Waals surface area contributed by atoms with Crippen LogP contribution in [0.25, 0.3) is 5.82 Å². The molecule has 2 aromatic heterocycles. The van der Waals surface area contributed by atoms with Crippen LogP contribution in [0.4, 0.5) is 0 Å². The Hall–Kier alpha value is -0.180. The summed E-state index contributed by atoms with van der Waals surface area (Å²) in [6.07, 6.45) is 3.56. The minimum Gasteiger partial charge on any atom is -0.277 e. The van der Waals surface area contributed by atoms with E-state index in [1.807, 2.05) is 22.8 Å². The van der Waals surface area contributed by atoms with Gasteiger partial charge in [0.15, 0.2) is 0 Å². The van der Waals surface area contributed by atoms with E-state index in [1.165, 1.54) is 0 Å². The minimum atomic E-state index is 0.905. The van der Waals surface area contributed by atoms with E-state index in [1.54, 1.807) is 12.5 Å². The van der Waals surface area contributed by atoms with Gasteiger partial charge in [0, 0.05) is 6.20 Å². The van der Waals surface area contributed by atoms with Gasteiger partial charge in [-0.15, -0.1) is 0 Å². The Morgan fingerprint density at radius 3 is 2.54 bits per heavy atom. The molecule has 0 unspecified atom stereocenters. The van der Waals surface area contributed by atoms with Gasteiger partial charge in [-0.05, 0) is 57.3 Å². The molecule has 0 N–H and O–H groups in total. The van der Waals surface area contributed by atoms with Crippen molar-refractivity contribution in [1.29, 1.82) is 0 Å². The molecule has 0 aliphatic heterocycles. The number of aromatic nitrogens is 3. The normalized spacial score (nSPS) is 10.3. The summed E-state index contributed by atoms with van der Waals surface area (Å²) in [6, 6.07) is 5.82. The molecule has 0 spiro atoms. The molecule has 0 aliphatic rings. The number of rotatable bonds is 1. The van der Waals surface area contributed by atoms with Crippen molar-refractivity contribution >= 4 is 45.2 Å². The maximum atomic E-state index is 4.24. The molecule has 66 valence electrons. The molecular formula is C8H5I2N3. The first-order valence-electron chi connectivity index (χ1n) is 3.59. The molecule has 0 aromatic carbocycles. The first-order valence-corrected chi connectivity index (χ1v) is 5.74. The van der Waals surface area contributed by atoms with E-state index in [0.29, 0.717) is 0 Å². The lowest BCUT2D eigenvalue weighted by Crippen LogP contribution is -1.97. The van der Waals surface area contributed by atoms with Crippen LogP contribution in [-0.4, -0.2) is 14.5 Å². The van der Waals surface area contributed by atoms with Gasteiger partial charge in [-0.1, -0.05) is 6.07 Å². The van der Waals surface area contributed by atoms with Crippen LogP contribution in [0.5, 0.6) is 0 Å². The average molecular weight is 397 g/mol. The van der Waals surface area contributed by atoms with Crippen molar-refractivity contribution in [3.8, 4) is 5.82 Å². The third-order valence-electron chi connectivity index (χ3n) is 1.56. The first kappa shape index (κ1) is 9.38. The number of halogens is 2. The second-order valence-electron chi connectivity index (χ2n) is 2.38. The van der Waals surface area contributed by atoms with Gasteiger partial charge >= 0.3 is 0 Å². The van der Waals surface area contributed by atoms with Crippen LogP contribution in [0.1, 0.15) is 0 Å². The summed E-state index contributed by atoms with van der Waals surface area (Å²) in [5.41, 5.74) is 0. The highest BCUT2D eigenvalue weighted by Gasteiger charge is 2.06. The van der Waals surface area contributed by atoms with E-state index in [4.69, 9.17) is 0 Å². The van der Waals surface area contributed by atoms with Crippen molar-refractivity contribution in [3.63, 3.8) is 0 Å². The third-order valence-corrected chi connectivity index (χ3v) is 4.42. The molecule has 0 fully saturated rings. The molecule has 0 saturated carbocycles. The zero-order valence-electron chi connectivity index (χ0n) is 6.48. The second-order valence-corrected chi connectivity index (χ2v) is 4.43. The highest BCUT2D eigenvalue weighted by molar-refractivity contribution is 14.1. The minimum absolute atomic E-state index is 0.905. The summed E-state index contributed by atoms with van der Waals surface area (Å²) in [5.74, 6) is 0.905. The van der Waals surface area contributed by atoms with Gasteiger partial charge in [-0.25, -0.2) is 9.97 Å². The van der Waals surface area contributed by atoms with Crippen LogP contribution in [0.15, 0.2) is 30.7 Å². The Morgan fingerprint density at radius 1 is 1.15 bits per heavy atom. The third kappa shape index (κ3) is 1.85. The quantitative estimate of drug-likeness (QED) is 0.693. The molecule has 0 radical (unpaired) electrons. The first-order chi connectivity index (χ1) is 6.29. The lowest BCUT2D eigenvalue weighted by atomic mass is 10.5.